The smallest absolute Gasteiger partial charge is 0.334 e. The molecule has 0 spiro atoms. The molecular weight excluding hydrogens is 336 g/mol. The Morgan fingerprint density at radius 2 is 2.12 bits per heavy atom. The van der Waals surface area contributed by atoms with Gasteiger partial charge >= 0.3 is 5.97 Å². The van der Waals surface area contributed by atoms with Gasteiger partial charge in [0, 0.05) is 29.9 Å². The van der Waals surface area contributed by atoms with Gasteiger partial charge in [-0.1, -0.05) is 31.5 Å². The molecule has 8 nitrogen and oxygen atoms in total. The highest BCUT2D eigenvalue weighted by atomic mass is 16.6. The average Bonchev–Trinajstić information content (AvgIpc) is 2.89. The summed E-state index contributed by atoms with van der Waals surface area (Å²) < 4.78 is 1.67. The molecule has 3 rings (SSSR count). The number of aliphatic carboxylic acids is 1. The number of carboxylic acid groups (broad SMARTS) is 1. The normalized spacial score (nSPS) is 16.2. The number of aryl methyl sites for hydroxylation is 2. The first-order valence-corrected chi connectivity index (χ1v) is 8.36. The van der Waals surface area contributed by atoms with Crippen molar-refractivity contribution in [3.8, 4) is 0 Å². The van der Waals surface area contributed by atoms with Gasteiger partial charge in [-0.25, -0.2) is 4.79 Å². The van der Waals surface area contributed by atoms with Crippen LogP contribution in [0.4, 0.5) is 11.5 Å². The molecule has 1 unspecified atom stereocenters. The van der Waals surface area contributed by atoms with Crippen LogP contribution >= 0.6 is 0 Å². The summed E-state index contributed by atoms with van der Waals surface area (Å²) in [5, 5.41) is 29.0. The third kappa shape index (κ3) is 2.73. The summed E-state index contributed by atoms with van der Waals surface area (Å²) in [4.78, 5) is 23.1. The van der Waals surface area contributed by atoms with Gasteiger partial charge in [-0.05, 0) is 13.3 Å². The lowest BCUT2D eigenvalue weighted by molar-refractivity contribution is -0.385. The number of nitro benzene ring substituents is 1. The third-order valence-electron chi connectivity index (χ3n) is 4.61. The fourth-order valence-corrected chi connectivity index (χ4v) is 3.57. The zero-order valence-corrected chi connectivity index (χ0v) is 14.8. The van der Waals surface area contributed by atoms with Gasteiger partial charge < -0.3 is 10.4 Å². The summed E-state index contributed by atoms with van der Waals surface area (Å²) in [6.07, 6.45) is 1.49. The minimum atomic E-state index is -1.10. The zero-order chi connectivity index (χ0) is 19.0. The van der Waals surface area contributed by atoms with Crippen molar-refractivity contribution in [1.82, 2.24) is 9.78 Å². The van der Waals surface area contributed by atoms with E-state index in [1.54, 1.807) is 36.9 Å². The van der Waals surface area contributed by atoms with Crippen molar-refractivity contribution >= 4 is 17.5 Å². The van der Waals surface area contributed by atoms with E-state index in [2.05, 4.69) is 10.4 Å². The second-order valence-electron chi connectivity index (χ2n) is 6.30. The first kappa shape index (κ1) is 17.7. The lowest BCUT2D eigenvalue weighted by Crippen LogP contribution is -2.24. The van der Waals surface area contributed by atoms with E-state index in [1.807, 2.05) is 6.92 Å². The molecule has 2 N–H and O–H groups in total. The molecule has 1 aliphatic rings. The van der Waals surface area contributed by atoms with Crippen LogP contribution in [0, 0.1) is 10.1 Å². The van der Waals surface area contributed by atoms with Crippen LogP contribution < -0.4 is 5.32 Å². The highest BCUT2D eigenvalue weighted by Crippen LogP contribution is 2.46. The molecule has 1 aromatic carbocycles. The lowest BCUT2D eigenvalue weighted by Gasteiger charge is -2.27. The van der Waals surface area contributed by atoms with Crippen LogP contribution in [0.15, 0.2) is 35.5 Å². The second kappa shape index (κ2) is 6.62. The SMILES string of the molecule is CCCc1nn(C)c2c1C(c1ccccc1[N+](=O)[O-])C(C(=O)O)=C(C)N2. The van der Waals surface area contributed by atoms with Gasteiger partial charge in [-0.3, -0.25) is 14.8 Å². The van der Waals surface area contributed by atoms with Crippen LogP contribution in [0.1, 0.15) is 43.0 Å². The Kier molecular flexibility index (Phi) is 4.50. The maximum absolute atomic E-state index is 12.0. The number of hydrogen-bond donors (Lipinski definition) is 2. The molecule has 0 saturated carbocycles. The van der Waals surface area contributed by atoms with Crippen molar-refractivity contribution < 1.29 is 14.8 Å². The molecule has 1 atom stereocenters. The van der Waals surface area contributed by atoms with E-state index in [-0.39, 0.29) is 11.3 Å². The number of benzene rings is 1. The summed E-state index contributed by atoms with van der Waals surface area (Å²) in [6.45, 7) is 3.68. The van der Waals surface area contributed by atoms with E-state index in [9.17, 15) is 20.0 Å². The van der Waals surface area contributed by atoms with Gasteiger partial charge in [-0.15, -0.1) is 0 Å². The van der Waals surface area contributed by atoms with Gasteiger partial charge in [0.25, 0.3) is 5.69 Å². The highest BCUT2D eigenvalue weighted by molar-refractivity contribution is 5.93. The van der Waals surface area contributed by atoms with Crippen molar-refractivity contribution in [1.29, 1.82) is 0 Å². The molecule has 1 aromatic heterocycles. The van der Waals surface area contributed by atoms with Crippen LogP contribution in [-0.2, 0) is 18.3 Å². The molecule has 1 aliphatic heterocycles. The highest BCUT2D eigenvalue weighted by Gasteiger charge is 2.39. The van der Waals surface area contributed by atoms with E-state index in [0.717, 1.165) is 12.1 Å². The van der Waals surface area contributed by atoms with Crippen LogP contribution in [-0.4, -0.2) is 25.8 Å². The van der Waals surface area contributed by atoms with E-state index >= 15 is 0 Å². The molecule has 0 aliphatic carbocycles. The van der Waals surface area contributed by atoms with E-state index in [4.69, 9.17) is 0 Å². The summed E-state index contributed by atoms with van der Waals surface area (Å²) in [7, 11) is 1.78. The van der Waals surface area contributed by atoms with Crippen LogP contribution in [0.2, 0.25) is 0 Å². The zero-order valence-electron chi connectivity index (χ0n) is 14.8. The fourth-order valence-electron chi connectivity index (χ4n) is 3.57. The second-order valence-corrected chi connectivity index (χ2v) is 6.30. The van der Waals surface area contributed by atoms with Crippen LogP contribution in [0.3, 0.4) is 0 Å². The lowest BCUT2D eigenvalue weighted by atomic mass is 9.80. The molecule has 2 heterocycles. The largest absolute Gasteiger partial charge is 0.478 e. The van der Waals surface area contributed by atoms with Gasteiger partial charge in [-0.2, -0.15) is 5.10 Å². The van der Waals surface area contributed by atoms with Crippen molar-refractivity contribution in [2.24, 2.45) is 7.05 Å². The Balaban J connectivity index is 2.35. The number of allylic oxidation sites excluding steroid dienone is 1. The number of aromatic nitrogens is 2. The minimum Gasteiger partial charge on any atom is -0.478 e. The number of anilines is 1. The molecule has 136 valence electrons. The number of nitrogens with one attached hydrogen (secondary N) is 1. The maximum Gasteiger partial charge on any atom is 0.334 e. The Labute approximate surface area is 150 Å². The predicted octanol–water partition coefficient (Wildman–Crippen LogP) is 3.20. The number of carbonyl (C=O) groups is 1. The van der Waals surface area contributed by atoms with Gasteiger partial charge in [0.2, 0.25) is 0 Å². The van der Waals surface area contributed by atoms with E-state index in [1.165, 1.54) is 6.07 Å². The third-order valence-corrected chi connectivity index (χ3v) is 4.61. The molecule has 0 radical (unpaired) electrons. The van der Waals surface area contributed by atoms with E-state index < -0.39 is 16.8 Å². The Bertz CT molecular complexity index is 929. The van der Waals surface area contributed by atoms with Gasteiger partial charge in [0.1, 0.15) is 5.82 Å². The molecule has 2 aromatic rings. The number of nitro groups is 1. The standard InChI is InChI=1S/C18H20N4O4/c1-4-7-12-16-15(11-8-5-6-9-13(11)22(25)26)14(18(23)24)10(2)19-17(16)21(3)20-12/h5-6,8-9,15,19H,4,7H2,1-3H3,(H,23,24). The number of rotatable bonds is 5. The fraction of sp³-hybridized carbons (Fsp3) is 0.333. The maximum atomic E-state index is 12.0. The molecule has 0 fully saturated rings. The quantitative estimate of drug-likeness (QED) is 0.629. The molecule has 8 heteroatoms. The topological polar surface area (TPSA) is 110 Å². The number of hydrogen-bond acceptors (Lipinski definition) is 5. The van der Waals surface area contributed by atoms with Crippen molar-refractivity contribution in [2.75, 3.05) is 5.32 Å². The van der Waals surface area contributed by atoms with Gasteiger partial charge in [0.15, 0.2) is 0 Å². The summed E-state index contributed by atoms with van der Waals surface area (Å²) in [5.41, 5.74) is 2.29. The minimum absolute atomic E-state index is 0.0943. The first-order valence-electron chi connectivity index (χ1n) is 8.36. The van der Waals surface area contributed by atoms with Crippen molar-refractivity contribution in [3.63, 3.8) is 0 Å². The van der Waals surface area contributed by atoms with Crippen molar-refractivity contribution in [3.05, 3.63) is 62.5 Å². The van der Waals surface area contributed by atoms with Crippen LogP contribution in [0.25, 0.3) is 0 Å². The molecule has 0 saturated heterocycles. The summed E-state index contributed by atoms with van der Waals surface area (Å²) in [6, 6.07) is 6.30. The molecular formula is C18H20N4O4. The van der Waals surface area contributed by atoms with Crippen molar-refractivity contribution in [2.45, 2.75) is 32.6 Å². The number of fused-ring (bicyclic) bond motifs is 1. The number of carboxylic acids is 1. The molecule has 0 bridgehead atoms. The predicted molar refractivity (Wildman–Crippen MR) is 96.1 cm³/mol. The monoisotopic (exact) mass is 356 g/mol. The molecule has 0 amide bonds. The number of para-hydroxylation sites is 1. The average molecular weight is 356 g/mol. The summed E-state index contributed by atoms with van der Waals surface area (Å²) >= 11 is 0. The van der Waals surface area contributed by atoms with Gasteiger partial charge in [0.05, 0.1) is 22.1 Å². The number of nitrogens with zero attached hydrogens (tertiary/aromatic N) is 3. The molecule has 26 heavy (non-hydrogen) atoms. The summed E-state index contributed by atoms with van der Waals surface area (Å²) in [5.74, 6) is -1.17. The first-order chi connectivity index (χ1) is 12.4. The Morgan fingerprint density at radius 1 is 1.42 bits per heavy atom. The Morgan fingerprint density at radius 3 is 2.73 bits per heavy atom. The Hall–Kier alpha value is -3.16. The van der Waals surface area contributed by atoms with Crippen LogP contribution in [0.5, 0.6) is 0 Å². The van der Waals surface area contributed by atoms with E-state index in [0.29, 0.717) is 29.1 Å².